The molecular weight excluding hydrogens is 377 g/mol. The van der Waals surface area contributed by atoms with E-state index in [9.17, 15) is 21.6 Å². The average Bonchev–Trinajstić information content (AvgIpc) is 2.59. The van der Waals surface area contributed by atoms with Gasteiger partial charge in [0.2, 0.25) is 10.0 Å². The van der Waals surface area contributed by atoms with Crippen molar-refractivity contribution in [2.24, 2.45) is 11.8 Å². The normalized spacial score (nSPS) is 21.8. The first-order valence-electron chi connectivity index (χ1n) is 9.28. The van der Waals surface area contributed by atoms with Crippen LogP contribution in [-0.2, 0) is 16.2 Å². The van der Waals surface area contributed by atoms with Crippen molar-refractivity contribution in [3.8, 4) is 0 Å². The molecular formula is C19H29F3N2O2S. The molecule has 0 atom stereocenters. The minimum absolute atomic E-state index is 0.104. The molecule has 0 spiro atoms. The first-order chi connectivity index (χ1) is 12.5. The molecule has 4 nitrogen and oxygen atoms in total. The Morgan fingerprint density at radius 1 is 0.963 bits per heavy atom. The van der Waals surface area contributed by atoms with Gasteiger partial charge in [-0.3, -0.25) is 0 Å². The molecule has 1 aliphatic rings. The maximum Gasteiger partial charge on any atom is 0.416 e. The van der Waals surface area contributed by atoms with Crippen LogP contribution in [0.3, 0.4) is 0 Å². The summed E-state index contributed by atoms with van der Waals surface area (Å²) in [6, 6.07) is 3.68. The molecule has 0 heterocycles. The lowest BCUT2D eigenvalue weighted by Gasteiger charge is -2.31. The fraction of sp³-hybridized carbons (Fsp3) is 0.684. The van der Waals surface area contributed by atoms with Crippen LogP contribution in [0.1, 0.15) is 37.7 Å². The van der Waals surface area contributed by atoms with Crippen LogP contribution in [0.25, 0.3) is 0 Å². The molecule has 8 heteroatoms. The summed E-state index contributed by atoms with van der Waals surface area (Å²) in [6.45, 7) is 1.47. The van der Waals surface area contributed by atoms with Crippen LogP contribution in [0.5, 0.6) is 0 Å². The number of benzene rings is 1. The molecule has 0 N–H and O–H groups in total. The highest BCUT2D eigenvalue weighted by Gasteiger charge is 2.31. The van der Waals surface area contributed by atoms with Crippen molar-refractivity contribution in [2.75, 3.05) is 34.2 Å². The summed E-state index contributed by atoms with van der Waals surface area (Å²) in [4.78, 5) is 2.10. The monoisotopic (exact) mass is 406 g/mol. The summed E-state index contributed by atoms with van der Waals surface area (Å²) in [6.07, 6.45) is 0.848. The Hall–Kier alpha value is -1.12. The molecule has 1 aromatic carbocycles. The minimum atomic E-state index is -4.47. The van der Waals surface area contributed by atoms with Crippen molar-refractivity contribution < 1.29 is 21.6 Å². The van der Waals surface area contributed by atoms with Crippen LogP contribution in [0.2, 0.25) is 0 Å². The van der Waals surface area contributed by atoms with Gasteiger partial charge in [0.05, 0.1) is 10.5 Å². The van der Waals surface area contributed by atoms with E-state index in [1.54, 1.807) is 0 Å². The molecule has 27 heavy (non-hydrogen) atoms. The van der Waals surface area contributed by atoms with Gasteiger partial charge in [0.25, 0.3) is 0 Å². The molecule has 2 rings (SSSR count). The van der Waals surface area contributed by atoms with Gasteiger partial charge in [0, 0.05) is 20.1 Å². The van der Waals surface area contributed by atoms with Crippen molar-refractivity contribution in [3.05, 3.63) is 29.8 Å². The maximum absolute atomic E-state index is 12.6. The third kappa shape index (κ3) is 6.19. The fourth-order valence-corrected chi connectivity index (χ4v) is 4.89. The maximum atomic E-state index is 12.6. The molecule has 0 radical (unpaired) electrons. The number of hydrogen-bond donors (Lipinski definition) is 0. The van der Waals surface area contributed by atoms with Gasteiger partial charge in [0.15, 0.2) is 0 Å². The highest BCUT2D eigenvalue weighted by atomic mass is 32.2. The highest BCUT2D eigenvalue weighted by molar-refractivity contribution is 7.89. The van der Waals surface area contributed by atoms with Gasteiger partial charge in [-0.25, -0.2) is 12.7 Å². The zero-order chi connectivity index (χ0) is 20.2. The van der Waals surface area contributed by atoms with Crippen LogP contribution in [0.4, 0.5) is 13.2 Å². The summed E-state index contributed by atoms with van der Waals surface area (Å²) in [5.41, 5.74) is -0.849. The molecule has 0 unspecified atom stereocenters. The lowest BCUT2D eigenvalue weighted by atomic mass is 9.80. The summed E-state index contributed by atoms with van der Waals surface area (Å²) < 4.78 is 64.3. The van der Waals surface area contributed by atoms with Crippen LogP contribution in [0, 0.1) is 11.8 Å². The van der Waals surface area contributed by atoms with E-state index in [-0.39, 0.29) is 4.90 Å². The number of alkyl halides is 3. The second kappa shape index (κ2) is 8.92. The molecule has 0 aliphatic heterocycles. The Morgan fingerprint density at radius 2 is 1.48 bits per heavy atom. The largest absolute Gasteiger partial charge is 0.416 e. The van der Waals surface area contributed by atoms with Crippen LogP contribution < -0.4 is 0 Å². The molecule has 1 aromatic rings. The Balaban J connectivity index is 1.89. The summed E-state index contributed by atoms with van der Waals surface area (Å²) in [5, 5.41) is 0. The van der Waals surface area contributed by atoms with Crippen LogP contribution >= 0.6 is 0 Å². The zero-order valence-corrected chi connectivity index (χ0v) is 17.0. The van der Waals surface area contributed by atoms with Gasteiger partial charge in [0.1, 0.15) is 0 Å². The SMILES string of the molecule is CN(C)C[C@H]1CC[C@H](CCN(C)S(=O)(=O)c2ccc(C(F)(F)F)cc2)CC1. The molecule has 154 valence electrons. The Labute approximate surface area is 160 Å². The van der Waals surface area contributed by atoms with Crippen molar-refractivity contribution in [1.82, 2.24) is 9.21 Å². The fourth-order valence-electron chi connectivity index (χ4n) is 3.70. The molecule has 1 aliphatic carbocycles. The first kappa shape index (κ1) is 22.2. The Bertz CT molecular complexity index is 695. The van der Waals surface area contributed by atoms with Crippen molar-refractivity contribution in [2.45, 2.75) is 43.2 Å². The third-order valence-electron chi connectivity index (χ3n) is 5.33. The number of rotatable bonds is 7. The molecule has 0 aromatic heterocycles. The predicted molar refractivity (Wildman–Crippen MR) is 99.9 cm³/mol. The smallest absolute Gasteiger partial charge is 0.309 e. The lowest BCUT2D eigenvalue weighted by Crippen LogP contribution is -2.30. The molecule has 1 fully saturated rings. The van der Waals surface area contributed by atoms with Gasteiger partial charge in [-0.05, 0) is 69.5 Å². The van der Waals surface area contributed by atoms with Gasteiger partial charge in [-0.15, -0.1) is 0 Å². The third-order valence-corrected chi connectivity index (χ3v) is 7.20. The standard InChI is InChI=1S/C19H29F3N2O2S/c1-23(2)14-16-6-4-15(5-7-16)12-13-24(3)27(25,26)18-10-8-17(9-11-18)19(20,21)22/h8-11,15-16H,4-7,12-14H2,1-3H3/t15-,16-. The lowest BCUT2D eigenvalue weighted by molar-refractivity contribution is -0.137. The van der Waals surface area contributed by atoms with Crippen LogP contribution in [-0.4, -0.2) is 51.9 Å². The van der Waals surface area contributed by atoms with Crippen molar-refractivity contribution >= 4 is 10.0 Å². The van der Waals surface area contributed by atoms with E-state index in [1.165, 1.54) is 11.4 Å². The first-order valence-corrected chi connectivity index (χ1v) is 10.7. The van der Waals surface area contributed by atoms with Gasteiger partial charge in [-0.2, -0.15) is 13.2 Å². The molecule has 0 amide bonds. The number of sulfonamides is 1. The van der Waals surface area contributed by atoms with E-state index in [0.717, 1.165) is 62.9 Å². The summed E-state index contributed by atoms with van der Waals surface area (Å²) in [7, 11) is 1.87. The Morgan fingerprint density at radius 3 is 1.96 bits per heavy atom. The number of halogens is 3. The van der Waals surface area contributed by atoms with E-state index in [0.29, 0.717) is 18.4 Å². The van der Waals surface area contributed by atoms with E-state index < -0.39 is 21.8 Å². The number of hydrogen-bond acceptors (Lipinski definition) is 3. The van der Waals surface area contributed by atoms with Crippen molar-refractivity contribution in [3.63, 3.8) is 0 Å². The topological polar surface area (TPSA) is 40.6 Å². The molecule has 0 saturated heterocycles. The molecule has 1 saturated carbocycles. The van der Waals surface area contributed by atoms with E-state index >= 15 is 0 Å². The van der Waals surface area contributed by atoms with Gasteiger partial charge in [-0.1, -0.05) is 12.8 Å². The quantitative estimate of drug-likeness (QED) is 0.685. The number of nitrogens with zero attached hydrogens (tertiary/aromatic N) is 2. The second-order valence-electron chi connectivity index (χ2n) is 7.79. The second-order valence-corrected chi connectivity index (χ2v) is 9.83. The minimum Gasteiger partial charge on any atom is -0.309 e. The molecule has 0 bridgehead atoms. The van der Waals surface area contributed by atoms with Gasteiger partial charge < -0.3 is 4.90 Å². The zero-order valence-electron chi connectivity index (χ0n) is 16.2. The predicted octanol–water partition coefficient (Wildman–Crippen LogP) is 4.08. The van der Waals surface area contributed by atoms with Crippen LogP contribution in [0.15, 0.2) is 29.2 Å². The average molecular weight is 407 g/mol. The Kier molecular flexibility index (Phi) is 7.33. The highest BCUT2D eigenvalue weighted by Crippen LogP contribution is 2.32. The van der Waals surface area contributed by atoms with Gasteiger partial charge >= 0.3 is 6.18 Å². The van der Waals surface area contributed by atoms with Crippen molar-refractivity contribution in [1.29, 1.82) is 0 Å². The summed E-state index contributed by atoms with van der Waals surface area (Å²) in [5.74, 6) is 1.22. The van der Waals surface area contributed by atoms with E-state index in [1.807, 2.05) is 0 Å². The summed E-state index contributed by atoms with van der Waals surface area (Å²) >= 11 is 0. The van der Waals surface area contributed by atoms with E-state index in [2.05, 4.69) is 19.0 Å². The van der Waals surface area contributed by atoms with E-state index in [4.69, 9.17) is 0 Å².